The topological polar surface area (TPSA) is 132 Å². The molecule has 0 aliphatic carbocycles. The predicted octanol–water partition coefficient (Wildman–Crippen LogP) is 16.0. The van der Waals surface area contributed by atoms with Crippen LogP contribution < -0.4 is 0 Å². The van der Waals surface area contributed by atoms with Crippen LogP contribution in [0.2, 0.25) is 0 Å². The van der Waals surface area contributed by atoms with E-state index in [2.05, 4.69) is 26.0 Å². The summed E-state index contributed by atoms with van der Waals surface area (Å²) in [7, 11) is -4.52. The van der Waals surface area contributed by atoms with Gasteiger partial charge in [0.1, 0.15) is 12.2 Å². The molecule has 0 saturated carbocycles. The zero-order valence-electron chi connectivity index (χ0n) is 41.6. The summed E-state index contributed by atoms with van der Waals surface area (Å²) < 4.78 is 33.6. The molecule has 0 aromatic rings. The van der Waals surface area contributed by atoms with Crippen molar-refractivity contribution in [2.45, 2.75) is 289 Å². The second-order valence-electron chi connectivity index (χ2n) is 18.6. The van der Waals surface area contributed by atoms with Gasteiger partial charge in [-0.25, -0.2) is 4.57 Å². The fraction of sp³-hybridized carbons (Fsp3) is 0.943. The van der Waals surface area contributed by atoms with Crippen molar-refractivity contribution in [2.75, 3.05) is 33.0 Å². The Kier molecular flexibility index (Phi) is 50.0. The highest BCUT2D eigenvalue weighted by Crippen LogP contribution is 2.43. The molecule has 0 heterocycles. The number of allylic oxidation sites excluding steroid dienone is 2. The predicted molar refractivity (Wildman–Crippen MR) is 265 cm³/mol. The number of rotatable bonds is 53. The molecule has 0 spiro atoms. The number of phosphoric acid groups is 1. The van der Waals surface area contributed by atoms with Gasteiger partial charge in [0.2, 0.25) is 0 Å². The van der Waals surface area contributed by atoms with Gasteiger partial charge < -0.3 is 24.6 Å². The van der Waals surface area contributed by atoms with Crippen LogP contribution in [-0.2, 0) is 27.9 Å². The number of hydrogen-bond acceptors (Lipinski definition) is 8. The molecular formula is C53H105O9P. The van der Waals surface area contributed by atoms with Gasteiger partial charge in [0.15, 0.2) is 0 Å². The van der Waals surface area contributed by atoms with Crippen molar-refractivity contribution in [3.8, 4) is 0 Å². The van der Waals surface area contributed by atoms with Gasteiger partial charge in [-0.3, -0.25) is 13.8 Å². The van der Waals surface area contributed by atoms with E-state index in [1.165, 1.54) is 225 Å². The number of unbranched alkanes of at least 4 members (excludes halogenated alkanes) is 37. The van der Waals surface area contributed by atoms with Crippen molar-refractivity contribution in [3.05, 3.63) is 12.2 Å². The first-order chi connectivity index (χ1) is 30.8. The lowest BCUT2D eigenvalue weighted by molar-refractivity contribution is -0.154. The zero-order valence-corrected chi connectivity index (χ0v) is 42.5. The van der Waals surface area contributed by atoms with Crippen molar-refractivity contribution in [2.24, 2.45) is 0 Å². The molecule has 10 heteroatoms. The summed E-state index contributed by atoms with van der Waals surface area (Å²) in [6.07, 6.45) is 54.7. The molecule has 0 aliphatic heterocycles. The van der Waals surface area contributed by atoms with Gasteiger partial charge in [0.05, 0.1) is 26.4 Å². The average Bonchev–Trinajstić information content (AvgIpc) is 3.28. The van der Waals surface area contributed by atoms with Crippen molar-refractivity contribution in [3.63, 3.8) is 0 Å². The van der Waals surface area contributed by atoms with Gasteiger partial charge in [-0.2, -0.15) is 0 Å². The third kappa shape index (κ3) is 50.5. The Bertz CT molecular complexity index is 996. The minimum absolute atomic E-state index is 0.0554. The van der Waals surface area contributed by atoms with Crippen LogP contribution in [0.5, 0.6) is 0 Å². The molecule has 0 rings (SSSR count). The van der Waals surface area contributed by atoms with Crippen molar-refractivity contribution >= 4 is 13.8 Å². The summed E-state index contributed by atoms with van der Waals surface area (Å²) in [5, 5.41) is 18.4. The number of aliphatic hydroxyl groups is 2. The molecule has 0 amide bonds. The van der Waals surface area contributed by atoms with E-state index in [1.54, 1.807) is 0 Å². The standard InChI is InChI=1S/C53H105O9P/c1-3-5-7-9-11-13-15-17-19-21-23-24-25-26-28-30-32-34-36-38-40-42-44-46-59-49-52(50-61-63(57,58)60-48-51(55)47-54)62-53(56)45-43-41-39-37-35-33-31-29-27-22-20-18-16-14-12-10-8-6-4-2/h18,20,51-52,54-55H,3-17,19,21-50H2,1-2H3,(H,57,58)/b20-18-. The van der Waals surface area contributed by atoms with Gasteiger partial charge in [0.25, 0.3) is 0 Å². The number of ether oxygens (including phenoxy) is 2. The van der Waals surface area contributed by atoms with Crippen LogP contribution >= 0.6 is 7.82 Å². The minimum atomic E-state index is -4.52. The van der Waals surface area contributed by atoms with E-state index in [0.29, 0.717) is 6.61 Å². The molecule has 376 valence electrons. The van der Waals surface area contributed by atoms with Crippen molar-refractivity contribution < 1.29 is 43.0 Å². The summed E-state index contributed by atoms with van der Waals surface area (Å²) in [6, 6.07) is 0. The number of aliphatic hydroxyl groups excluding tert-OH is 2. The average molecular weight is 917 g/mol. The van der Waals surface area contributed by atoms with Crippen LogP contribution in [0.25, 0.3) is 0 Å². The number of phosphoric ester groups is 1. The quantitative estimate of drug-likeness (QED) is 0.0236. The highest BCUT2D eigenvalue weighted by atomic mass is 31.2. The van der Waals surface area contributed by atoms with E-state index in [9.17, 15) is 19.4 Å². The molecule has 0 aromatic heterocycles. The molecule has 0 saturated heterocycles. The first kappa shape index (κ1) is 62.2. The second kappa shape index (κ2) is 50.6. The first-order valence-corrected chi connectivity index (χ1v) is 28.7. The van der Waals surface area contributed by atoms with Gasteiger partial charge in [-0.15, -0.1) is 0 Å². The largest absolute Gasteiger partial charge is 0.472 e. The van der Waals surface area contributed by atoms with E-state index in [-0.39, 0.29) is 25.6 Å². The Balaban J connectivity index is 3.99. The van der Waals surface area contributed by atoms with Crippen LogP contribution in [0.3, 0.4) is 0 Å². The summed E-state index contributed by atoms with van der Waals surface area (Å²) >= 11 is 0. The van der Waals surface area contributed by atoms with E-state index in [4.69, 9.17) is 23.6 Å². The molecule has 3 atom stereocenters. The Morgan fingerprint density at radius 2 is 0.810 bits per heavy atom. The molecule has 0 fully saturated rings. The normalized spacial score (nSPS) is 13.8. The number of esters is 1. The van der Waals surface area contributed by atoms with Crippen LogP contribution in [0.1, 0.15) is 277 Å². The van der Waals surface area contributed by atoms with Crippen LogP contribution in [0, 0.1) is 0 Å². The van der Waals surface area contributed by atoms with Crippen LogP contribution in [0.4, 0.5) is 0 Å². The summed E-state index contributed by atoms with van der Waals surface area (Å²) in [4.78, 5) is 22.7. The SMILES string of the molecule is CCCCCCCC/C=C\CCCCCCCCCCCC(=O)OC(COCCCCCCCCCCCCCCCCCCCCCCCCC)COP(=O)(O)OCC(O)CO. The zero-order chi connectivity index (χ0) is 46.0. The van der Waals surface area contributed by atoms with E-state index in [0.717, 1.165) is 32.1 Å². The monoisotopic (exact) mass is 917 g/mol. The van der Waals surface area contributed by atoms with Gasteiger partial charge in [-0.05, 0) is 38.5 Å². The highest BCUT2D eigenvalue weighted by molar-refractivity contribution is 7.47. The maximum atomic E-state index is 12.7. The summed E-state index contributed by atoms with van der Waals surface area (Å²) in [6.45, 7) is 3.59. The number of carbonyl (C=O) groups excluding carboxylic acids is 1. The van der Waals surface area contributed by atoms with Crippen molar-refractivity contribution in [1.82, 2.24) is 0 Å². The summed E-state index contributed by atoms with van der Waals surface area (Å²) in [5.41, 5.74) is 0. The summed E-state index contributed by atoms with van der Waals surface area (Å²) in [5.74, 6) is -0.378. The van der Waals surface area contributed by atoms with E-state index < -0.39 is 33.2 Å². The van der Waals surface area contributed by atoms with Gasteiger partial charge in [0, 0.05) is 13.0 Å². The lowest BCUT2D eigenvalue weighted by Gasteiger charge is -2.20. The molecule has 0 aromatic carbocycles. The maximum absolute atomic E-state index is 12.7. The third-order valence-corrected chi connectivity index (χ3v) is 13.2. The maximum Gasteiger partial charge on any atom is 0.472 e. The van der Waals surface area contributed by atoms with Crippen molar-refractivity contribution in [1.29, 1.82) is 0 Å². The van der Waals surface area contributed by atoms with Crippen LogP contribution in [0.15, 0.2) is 12.2 Å². The van der Waals surface area contributed by atoms with E-state index in [1.807, 2.05) is 0 Å². The fourth-order valence-electron chi connectivity index (χ4n) is 8.06. The Morgan fingerprint density at radius 3 is 1.19 bits per heavy atom. The Labute approximate surface area is 390 Å². The minimum Gasteiger partial charge on any atom is -0.457 e. The second-order valence-corrected chi connectivity index (χ2v) is 20.1. The third-order valence-electron chi connectivity index (χ3n) is 12.2. The molecule has 0 radical (unpaired) electrons. The van der Waals surface area contributed by atoms with Gasteiger partial charge >= 0.3 is 13.8 Å². The molecule has 63 heavy (non-hydrogen) atoms. The highest BCUT2D eigenvalue weighted by Gasteiger charge is 2.26. The van der Waals surface area contributed by atoms with Gasteiger partial charge in [-0.1, -0.05) is 244 Å². The fourth-order valence-corrected chi connectivity index (χ4v) is 8.85. The van der Waals surface area contributed by atoms with E-state index >= 15 is 0 Å². The molecule has 0 bridgehead atoms. The molecule has 0 aliphatic rings. The first-order valence-electron chi connectivity index (χ1n) is 27.2. The Hall–Kier alpha value is -0.800. The van der Waals surface area contributed by atoms with Crippen LogP contribution in [-0.4, -0.2) is 66.3 Å². The number of hydrogen-bond donors (Lipinski definition) is 3. The number of carbonyl (C=O) groups is 1. The smallest absolute Gasteiger partial charge is 0.457 e. The lowest BCUT2D eigenvalue weighted by Crippen LogP contribution is -2.29. The lowest BCUT2D eigenvalue weighted by atomic mass is 10.0. The molecular weight excluding hydrogens is 812 g/mol. The molecule has 9 nitrogen and oxygen atoms in total. The molecule has 3 N–H and O–H groups in total. The Morgan fingerprint density at radius 1 is 0.476 bits per heavy atom. The molecule has 3 unspecified atom stereocenters.